The zero-order valence-corrected chi connectivity index (χ0v) is 19.1. The zero-order chi connectivity index (χ0) is 23.1. The van der Waals surface area contributed by atoms with E-state index in [1.54, 1.807) is 6.92 Å². The number of fused-ring (bicyclic) bond motifs is 1. The average molecular weight is 458 g/mol. The highest BCUT2D eigenvalue weighted by atomic mass is 32.2. The summed E-state index contributed by atoms with van der Waals surface area (Å²) in [5.74, 6) is -0.823. The number of aromatic nitrogens is 1. The summed E-state index contributed by atoms with van der Waals surface area (Å²) in [5, 5.41) is 2.75. The van der Waals surface area contributed by atoms with Gasteiger partial charge in [0.15, 0.2) is 9.84 Å². The number of nitrogens with zero attached hydrogens (tertiary/aromatic N) is 2. The molecule has 9 heteroatoms. The molecule has 2 aromatic rings. The topological polar surface area (TPSA) is 106 Å². The minimum atomic E-state index is -3.26. The standard InChI is InChI=1S/C23H27N3O5S/c1-3-32(30,31)23(10-11-23)15-25-12-13-26-19(22(25)29)9-8-18(21(26)28)20(27)24-14-17-6-4-16(2)5-7-17/h4-9H,3,10-15H2,1-2H3,(H,24,27). The third-order valence-corrected chi connectivity index (χ3v) is 9.04. The molecular weight excluding hydrogens is 430 g/mol. The van der Waals surface area contributed by atoms with E-state index in [9.17, 15) is 22.8 Å². The van der Waals surface area contributed by atoms with Crippen molar-refractivity contribution in [2.75, 3.05) is 18.8 Å². The quantitative estimate of drug-likeness (QED) is 0.679. The fourth-order valence-corrected chi connectivity index (χ4v) is 5.83. The summed E-state index contributed by atoms with van der Waals surface area (Å²) in [6.45, 7) is 4.50. The van der Waals surface area contributed by atoms with E-state index in [4.69, 9.17) is 0 Å². The molecule has 1 aromatic carbocycles. The van der Waals surface area contributed by atoms with Crippen LogP contribution in [0.3, 0.4) is 0 Å². The van der Waals surface area contributed by atoms with Crippen LogP contribution in [0.1, 0.15) is 51.7 Å². The van der Waals surface area contributed by atoms with Crippen LogP contribution in [0.15, 0.2) is 41.2 Å². The van der Waals surface area contributed by atoms with Crippen molar-refractivity contribution in [1.82, 2.24) is 14.8 Å². The highest BCUT2D eigenvalue weighted by molar-refractivity contribution is 7.93. The van der Waals surface area contributed by atoms with Gasteiger partial charge in [-0.25, -0.2) is 8.42 Å². The first kappa shape index (κ1) is 22.3. The number of rotatable bonds is 7. The lowest BCUT2D eigenvalue weighted by Gasteiger charge is -2.32. The Labute approximate surface area is 187 Å². The summed E-state index contributed by atoms with van der Waals surface area (Å²) in [7, 11) is -3.26. The van der Waals surface area contributed by atoms with Crippen molar-refractivity contribution in [2.45, 2.75) is 44.5 Å². The van der Waals surface area contributed by atoms with E-state index in [2.05, 4.69) is 5.32 Å². The predicted molar refractivity (Wildman–Crippen MR) is 120 cm³/mol. The summed E-state index contributed by atoms with van der Waals surface area (Å²) < 4.78 is 25.3. The molecule has 0 bridgehead atoms. The van der Waals surface area contributed by atoms with Crippen LogP contribution in [0.5, 0.6) is 0 Å². The Balaban J connectivity index is 1.49. The van der Waals surface area contributed by atoms with E-state index in [1.165, 1.54) is 21.6 Å². The predicted octanol–water partition coefficient (Wildman–Crippen LogP) is 1.51. The van der Waals surface area contributed by atoms with Gasteiger partial charge < -0.3 is 14.8 Å². The Morgan fingerprint density at radius 1 is 1.06 bits per heavy atom. The van der Waals surface area contributed by atoms with Gasteiger partial charge in [0.05, 0.1) is 4.75 Å². The maximum atomic E-state index is 13.0. The lowest BCUT2D eigenvalue weighted by molar-refractivity contribution is 0.0695. The minimum absolute atomic E-state index is 0.0191. The number of hydrogen-bond acceptors (Lipinski definition) is 5. The molecule has 2 aliphatic rings. The highest BCUT2D eigenvalue weighted by Gasteiger charge is 2.55. The van der Waals surface area contributed by atoms with Crippen molar-refractivity contribution < 1.29 is 18.0 Å². The molecule has 0 radical (unpaired) electrons. The molecule has 2 heterocycles. The smallest absolute Gasteiger partial charge is 0.270 e. The summed E-state index contributed by atoms with van der Waals surface area (Å²) in [6.07, 6.45) is 1.11. The summed E-state index contributed by atoms with van der Waals surface area (Å²) in [4.78, 5) is 40.0. The van der Waals surface area contributed by atoms with E-state index < -0.39 is 26.1 Å². The Hall–Kier alpha value is -2.94. The van der Waals surface area contributed by atoms with Gasteiger partial charge >= 0.3 is 0 Å². The van der Waals surface area contributed by atoms with Crippen molar-refractivity contribution in [3.63, 3.8) is 0 Å². The second kappa shape index (κ2) is 8.20. The normalized spacial score (nSPS) is 17.1. The van der Waals surface area contributed by atoms with Crippen LogP contribution in [0.2, 0.25) is 0 Å². The molecular formula is C23H27N3O5S. The molecule has 2 amide bonds. The molecule has 8 nitrogen and oxygen atoms in total. The number of carbonyl (C=O) groups excluding carboxylic acids is 2. The van der Waals surface area contributed by atoms with Crippen LogP contribution in [-0.4, -0.2) is 53.3 Å². The van der Waals surface area contributed by atoms with Gasteiger partial charge in [0.2, 0.25) is 0 Å². The first-order valence-corrected chi connectivity index (χ1v) is 12.4. The second-order valence-electron chi connectivity index (χ2n) is 8.57. The molecule has 170 valence electrons. The van der Waals surface area contributed by atoms with Gasteiger partial charge in [0.1, 0.15) is 11.3 Å². The van der Waals surface area contributed by atoms with Crippen molar-refractivity contribution in [3.8, 4) is 0 Å². The number of sulfone groups is 1. The van der Waals surface area contributed by atoms with Crippen LogP contribution in [0.4, 0.5) is 0 Å². The molecule has 1 fully saturated rings. The molecule has 0 spiro atoms. The molecule has 0 atom stereocenters. The Kier molecular flexibility index (Phi) is 5.70. The van der Waals surface area contributed by atoms with Gasteiger partial charge in [0, 0.05) is 31.9 Å². The molecule has 1 aromatic heterocycles. The third kappa shape index (κ3) is 3.97. The summed E-state index contributed by atoms with van der Waals surface area (Å²) in [5.41, 5.74) is 1.69. The Bertz CT molecular complexity index is 1230. The van der Waals surface area contributed by atoms with Crippen molar-refractivity contribution in [2.24, 2.45) is 0 Å². The minimum Gasteiger partial charge on any atom is -0.348 e. The Morgan fingerprint density at radius 2 is 1.75 bits per heavy atom. The number of amides is 2. The molecule has 32 heavy (non-hydrogen) atoms. The van der Waals surface area contributed by atoms with Gasteiger partial charge in [-0.15, -0.1) is 0 Å². The number of pyridine rings is 1. The number of nitrogens with one attached hydrogen (secondary N) is 1. The molecule has 1 saturated carbocycles. The number of carbonyl (C=O) groups is 2. The van der Waals surface area contributed by atoms with E-state index in [0.717, 1.165) is 11.1 Å². The summed E-state index contributed by atoms with van der Waals surface area (Å²) in [6, 6.07) is 10.6. The maximum absolute atomic E-state index is 13.0. The number of benzene rings is 1. The largest absolute Gasteiger partial charge is 0.348 e. The second-order valence-corrected chi connectivity index (χ2v) is 11.2. The fraction of sp³-hybridized carbons (Fsp3) is 0.435. The first-order chi connectivity index (χ1) is 15.2. The van der Waals surface area contributed by atoms with E-state index >= 15 is 0 Å². The molecule has 0 unspecified atom stereocenters. The van der Waals surface area contributed by atoms with E-state index in [-0.39, 0.29) is 42.6 Å². The summed E-state index contributed by atoms with van der Waals surface area (Å²) >= 11 is 0. The van der Waals surface area contributed by atoms with Crippen LogP contribution in [0.25, 0.3) is 0 Å². The lowest BCUT2D eigenvalue weighted by Crippen LogP contribution is -2.50. The van der Waals surface area contributed by atoms with Crippen molar-refractivity contribution >= 4 is 21.7 Å². The molecule has 1 aliphatic heterocycles. The van der Waals surface area contributed by atoms with Gasteiger partial charge in [-0.05, 0) is 37.5 Å². The van der Waals surface area contributed by atoms with Gasteiger partial charge in [-0.1, -0.05) is 36.8 Å². The zero-order valence-electron chi connectivity index (χ0n) is 18.3. The maximum Gasteiger partial charge on any atom is 0.270 e. The molecule has 4 rings (SSSR count). The third-order valence-electron chi connectivity index (χ3n) is 6.42. The molecule has 1 aliphatic carbocycles. The van der Waals surface area contributed by atoms with E-state index in [0.29, 0.717) is 19.4 Å². The first-order valence-electron chi connectivity index (χ1n) is 10.8. The number of aryl methyl sites for hydroxylation is 1. The molecule has 0 saturated heterocycles. The van der Waals surface area contributed by atoms with Crippen molar-refractivity contribution in [1.29, 1.82) is 0 Å². The van der Waals surface area contributed by atoms with Crippen LogP contribution in [-0.2, 0) is 22.9 Å². The van der Waals surface area contributed by atoms with E-state index in [1.807, 2.05) is 31.2 Å². The molecule has 1 N–H and O–H groups in total. The van der Waals surface area contributed by atoms with Crippen molar-refractivity contribution in [3.05, 3.63) is 69.1 Å². The van der Waals surface area contributed by atoms with Gasteiger partial charge in [-0.2, -0.15) is 0 Å². The van der Waals surface area contributed by atoms with Crippen LogP contribution < -0.4 is 10.9 Å². The SMILES string of the molecule is CCS(=O)(=O)C1(CN2CCn3c(ccc(C(=O)NCc4ccc(C)cc4)c3=O)C2=O)CC1. The Morgan fingerprint density at radius 3 is 2.38 bits per heavy atom. The highest BCUT2D eigenvalue weighted by Crippen LogP contribution is 2.45. The monoisotopic (exact) mass is 457 g/mol. The number of hydrogen-bond donors (Lipinski definition) is 1. The van der Waals surface area contributed by atoms with Crippen LogP contribution >= 0.6 is 0 Å². The van der Waals surface area contributed by atoms with Gasteiger partial charge in [0.25, 0.3) is 17.4 Å². The van der Waals surface area contributed by atoms with Gasteiger partial charge in [-0.3, -0.25) is 14.4 Å². The lowest BCUT2D eigenvalue weighted by atomic mass is 10.1. The van der Waals surface area contributed by atoms with Crippen LogP contribution in [0, 0.1) is 6.92 Å². The fourth-order valence-electron chi connectivity index (χ4n) is 4.14. The average Bonchev–Trinajstić information content (AvgIpc) is 3.57.